The van der Waals surface area contributed by atoms with E-state index in [1.54, 1.807) is 6.92 Å². The molecule has 2 nitrogen and oxygen atoms in total. The van der Waals surface area contributed by atoms with Crippen molar-refractivity contribution < 1.29 is 18.7 Å². The maximum absolute atomic E-state index is 14.9. The molecule has 4 aliphatic rings. The van der Waals surface area contributed by atoms with Gasteiger partial charge in [0, 0.05) is 24.2 Å². The number of carbonyl (C=O) groups is 1. The number of alkyl halides is 2. The zero-order chi connectivity index (χ0) is 16.6. The van der Waals surface area contributed by atoms with Crippen LogP contribution < -0.4 is 0 Å². The molecule has 0 aromatic rings. The molecular weight excluding hydrogens is 298 g/mol. The van der Waals surface area contributed by atoms with Crippen molar-refractivity contribution in [3.63, 3.8) is 0 Å². The number of ketones is 1. The van der Waals surface area contributed by atoms with Crippen molar-refractivity contribution in [2.24, 2.45) is 35.0 Å². The van der Waals surface area contributed by atoms with Gasteiger partial charge in [0.25, 0.3) is 5.92 Å². The summed E-state index contributed by atoms with van der Waals surface area (Å²) in [6.07, 6.45) is 4.70. The molecule has 23 heavy (non-hydrogen) atoms. The van der Waals surface area contributed by atoms with Crippen molar-refractivity contribution in [2.75, 3.05) is 0 Å². The van der Waals surface area contributed by atoms with Gasteiger partial charge in [0.15, 0.2) is 0 Å². The molecule has 7 unspecified atom stereocenters. The normalized spacial score (nSPS) is 55.0. The highest BCUT2D eigenvalue weighted by Gasteiger charge is 2.63. The fourth-order valence-corrected chi connectivity index (χ4v) is 6.76. The summed E-state index contributed by atoms with van der Waals surface area (Å²) in [4.78, 5) is 12.3. The van der Waals surface area contributed by atoms with E-state index >= 15 is 0 Å². The van der Waals surface area contributed by atoms with Crippen LogP contribution in [-0.4, -0.2) is 22.4 Å². The molecule has 0 aromatic carbocycles. The Labute approximate surface area is 137 Å². The van der Waals surface area contributed by atoms with Gasteiger partial charge in [0.05, 0.1) is 5.60 Å². The Kier molecular flexibility index (Phi) is 3.32. The average molecular weight is 326 g/mol. The molecule has 0 bridgehead atoms. The van der Waals surface area contributed by atoms with E-state index in [9.17, 15) is 18.7 Å². The number of carbonyl (C=O) groups excluding carboxylic acids is 1. The first-order valence-corrected chi connectivity index (χ1v) is 9.28. The van der Waals surface area contributed by atoms with Crippen LogP contribution in [0.5, 0.6) is 0 Å². The van der Waals surface area contributed by atoms with Crippen molar-refractivity contribution in [1.29, 1.82) is 0 Å². The summed E-state index contributed by atoms with van der Waals surface area (Å²) >= 11 is 0. The zero-order valence-electron chi connectivity index (χ0n) is 14.2. The fourth-order valence-electron chi connectivity index (χ4n) is 6.76. The third kappa shape index (κ3) is 2.23. The minimum atomic E-state index is -2.69. The predicted molar refractivity (Wildman–Crippen MR) is 83.1 cm³/mol. The van der Waals surface area contributed by atoms with E-state index in [2.05, 4.69) is 0 Å². The standard InChI is InChI=1S/C19H28F2O2/c1-17(23)7-5-12-11-6-8-18(2)14(3-4-16(18)22)13(11)9-19(20,21)15(12)10-17/h11-15,23H,3-10H2,1-2H3. The molecule has 4 fully saturated rings. The van der Waals surface area contributed by atoms with E-state index in [0.29, 0.717) is 31.0 Å². The summed E-state index contributed by atoms with van der Waals surface area (Å²) in [6.45, 7) is 3.73. The summed E-state index contributed by atoms with van der Waals surface area (Å²) in [5, 5.41) is 10.3. The van der Waals surface area contributed by atoms with Gasteiger partial charge in [-0.3, -0.25) is 4.79 Å². The molecule has 130 valence electrons. The molecule has 4 heteroatoms. The number of halogens is 2. The van der Waals surface area contributed by atoms with Crippen molar-refractivity contribution in [3.05, 3.63) is 0 Å². The molecule has 0 saturated heterocycles. The predicted octanol–water partition coefficient (Wildman–Crippen LogP) is 4.20. The van der Waals surface area contributed by atoms with Gasteiger partial charge in [-0.25, -0.2) is 8.78 Å². The Morgan fingerprint density at radius 3 is 2.39 bits per heavy atom. The lowest BCUT2D eigenvalue weighted by Gasteiger charge is -2.57. The Bertz CT molecular complexity index is 529. The molecule has 4 rings (SSSR count). The van der Waals surface area contributed by atoms with Crippen LogP contribution in [0.25, 0.3) is 0 Å². The Hall–Kier alpha value is -0.510. The molecule has 0 radical (unpaired) electrons. The molecule has 4 aliphatic carbocycles. The Balaban J connectivity index is 1.66. The average Bonchev–Trinajstić information content (AvgIpc) is 2.75. The van der Waals surface area contributed by atoms with E-state index in [-0.39, 0.29) is 36.0 Å². The number of aliphatic hydroxyl groups is 1. The fraction of sp³-hybridized carbons (Fsp3) is 0.947. The van der Waals surface area contributed by atoms with Gasteiger partial charge in [0.1, 0.15) is 5.78 Å². The van der Waals surface area contributed by atoms with Gasteiger partial charge in [0.2, 0.25) is 0 Å². The zero-order valence-corrected chi connectivity index (χ0v) is 14.2. The first-order chi connectivity index (χ1) is 10.6. The van der Waals surface area contributed by atoms with Crippen LogP contribution in [0.3, 0.4) is 0 Å². The Morgan fingerprint density at radius 1 is 0.957 bits per heavy atom. The third-order valence-corrected chi connectivity index (χ3v) is 7.99. The molecule has 0 spiro atoms. The first-order valence-electron chi connectivity index (χ1n) is 9.28. The second-order valence-electron chi connectivity index (χ2n) is 9.33. The second kappa shape index (κ2) is 4.77. The summed E-state index contributed by atoms with van der Waals surface area (Å²) in [5.74, 6) is -2.54. The van der Waals surface area contributed by atoms with Crippen LogP contribution in [0.15, 0.2) is 0 Å². The summed E-state index contributed by atoms with van der Waals surface area (Å²) in [7, 11) is 0. The van der Waals surface area contributed by atoms with Crippen molar-refractivity contribution in [2.45, 2.75) is 76.7 Å². The second-order valence-corrected chi connectivity index (χ2v) is 9.33. The highest BCUT2D eigenvalue weighted by Crippen LogP contribution is 2.64. The van der Waals surface area contributed by atoms with Crippen LogP contribution in [0.4, 0.5) is 8.78 Å². The topological polar surface area (TPSA) is 37.3 Å². The molecule has 0 aromatic heterocycles. The van der Waals surface area contributed by atoms with Crippen LogP contribution in [0.2, 0.25) is 0 Å². The van der Waals surface area contributed by atoms with Gasteiger partial charge in [-0.2, -0.15) is 0 Å². The first kappa shape index (κ1) is 16.0. The lowest BCUT2D eigenvalue weighted by atomic mass is 9.49. The van der Waals surface area contributed by atoms with Crippen LogP contribution in [0.1, 0.15) is 65.2 Å². The van der Waals surface area contributed by atoms with E-state index in [1.807, 2.05) is 6.92 Å². The molecule has 0 heterocycles. The number of fused-ring (bicyclic) bond motifs is 5. The van der Waals surface area contributed by atoms with Gasteiger partial charge in [-0.1, -0.05) is 6.92 Å². The number of hydrogen-bond acceptors (Lipinski definition) is 2. The maximum atomic E-state index is 14.9. The minimum absolute atomic E-state index is 0.000464. The third-order valence-electron chi connectivity index (χ3n) is 7.99. The summed E-state index contributed by atoms with van der Waals surface area (Å²) in [5.41, 5.74) is -1.28. The molecule has 0 aliphatic heterocycles. The van der Waals surface area contributed by atoms with Gasteiger partial charge in [-0.05, 0) is 69.1 Å². The maximum Gasteiger partial charge on any atom is 0.251 e. The van der Waals surface area contributed by atoms with Crippen LogP contribution in [0, 0.1) is 35.0 Å². The van der Waals surface area contributed by atoms with E-state index in [0.717, 1.165) is 19.3 Å². The van der Waals surface area contributed by atoms with E-state index < -0.39 is 17.4 Å². The van der Waals surface area contributed by atoms with Gasteiger partial charge >= 0.3 is 0 Å². The van der Waals surface area contributed by atoms with Crippen LogP contribution in [-0.2, 0) is 4.79 Å². The largest absolute Gasteiger partial charge is 0.390 e. The van der Waals surface area contributed by atoms with Crippen molar-refractivity contribution in [3.8, 4) is 0 Å². The van der Waals surface area contributed by atoms with Gasteiger partial charge < -0.3 is 5.11 Å². The number of Topliss-reactive ketones (excluding diaryl/α,β-unsaturated/α-hetero) is 1. The molecule has 0 amide bonds. The van der Waals surface area contributed by atoms with Crippen LogP contribution >= 0.6 is 0 Å². The van der Waals surface area contributed by atoms with Crippen molar-refractivity contribution in [1.82, 2.24) is 0 Å². The molecule has 1 N–H and O–H groups in total. The van der Waals surface area contributed by atoms with Gasteiger partial charge in [-0.15, -0.1) is 0 Å². The molecule has 4 saturated carbocycles. The van der Waals surface area contributed by atoms with E-state index in [1.165, 1.54) is 0 Å². The minimum Gasteiger partial charge on any atom is -0.390 e. The lowest BCUT2D eigenvalue weighted by Crippen LogP contribution is -2.57. The Morgan fingerprint density at radius 2 is 1.65 bits per heavy atom. The lowest BCUT2D eigenvalue weighted by molar-refractivity contribution is -0.208. The monoisotopic (exact) mass is 326 g/mol. The summed E-state index contributed by atoms with van der Waals surface area (Å²) < 4.78 is 29.9. The highest BCUT2D eigenvalue weighted by molar-refractivity contribution is 5.87. The smallest absolute Gasteiger partial charge is 0.251 e. The SMILES string of the molecule is CC1(O)CCC2C3CCC4(C)C(=O)CCC4C3CC(F)(F)C2C1. The number of rotatable bonds is 0. The number of hydrogen-bond donors (Lipinski definition) is 1. The summed E-state index contributed by atoms with van der Waals surface area (Å²) in [6, 6.07) is 0. The molecule has 7 atom stereocenters. The van der Waals surface area contributed by atoms with Crippen molar-refractivity contribution >= 4 is 5.78 Å². The molecular formula is C19H28F2O2. The quantitative estimate of drug-likeness (QED) is 0.724. The van der Waals surface area contributed by atoms with E-state index in [4.69, 9.17) is 0 Å². The highest BCUT2D eigenvalue weighted by atomic mass is 19.3.